The van der Waals surface area contributed by atoms with E-state index in [0.717, 1.165) is 0 Å². The Balaban J connectivity index is 1.96. The molecule has 2 rings (SSSR count). The lowest BCUT2D eigenvalue weighted by atomic mass is 9.48. The van der Waals surface area contributed by atoms with Crippen LogP contribution in [0.4, 0.5) is 8.78 Å². The van der Waals surface area contributed by atoms with Crippen LogP contribution in [0.5, 0.6) is 0 Å². The standard InChI is InChI=1S/C9H10F2O/c1-2-8(12)3-7(4-8)5-9(10,11)6-7/h1,12H,3-6H2. The van der Waals surface area contributed by atoms with Gasteiger partial charge < -0.3 is 5.11 Å². The Morgan fingerprint density at radius 1 is 1.17 bits per heavy atom. The highest BCUT2D eigenvalue weighted by atomic mass is 19.3. The maximum absolute atomic E-state index is 12.5. The lowest BCUT2D eigenvalue weighted by molar-refractivity contribution is -0.236. The second-order valence-corrected chi connectivity index (χ2v) is 4.24. The molecule has 2 aliphatic carbocycles. The number of rotatable bonds is 0. The van der Waals surface area contributed by atoms with Crippen molar-refractivity contribution in [1.82, 2.24) is 0 Å². The topological polar surface area (TPSA) is 20.2 Å². The molecule has 0 radical (unpaired) electrons. The summed E-state index contributed by atoms with van der Waals surface area (Å²) in [5.41, 5.74) is -1.42. The second-order valence-electron chi connectivity index (χ2n) is 4.24. The van der Waals surface area contributed by atoms with Crippen molar-refractivity contribution in [2.45, 2.75) is 37.2 Å². The summed E-state index contributed by atoms with van der Waals surface area (Å²) in [5.74, 6) is -0.265. The van der Waals surface area contributed by atoms with Crippen molar-refractivity contribution in [2.24, 2.45) is 5.41 Å². The Kier molecular flexibility index (Phi) is 1.22. The summed E-state index contributed by atoms with van der Waals surface area (Å²) in [4.78, 5) is 0. The summed E-state index contributed by atoms with van der Waals surface area (Å²) in [6.45, 7) is 0. The largest absolute Gasteiger partial charge is 0.378 e. The van der Waals surface area contributed by atoms with Crippen LogP contribution in [0.25, 0.3) is 0 Å². The van der Waals surface area contributed by atoms with E-state index in [1.165, 1.54) is 0 Å². The minimum Gasteiger partial charge on any atom is -0.378 e. The van der Waals surface area contributed by atoms with Crippen molar-refractivity contribution in [3.8, 4) is 12.3 Å². The minimum absolute atomic E-state index is 0.0933. The van der Waals surface area contributed by atoms with Crippen LogP contribution < -0.4 is 0 Å². The minimum atomic E-state index is -2.50. The molecule has 0 aliphatic heterocycles. The third kappa shape index (κ3) is 0.947. The Hall–Kier alpha value is -0.620. The number of alkyl halides is 2. The van der Waals surface area contributed by atoms with E-state index < -0.39 is 11.5 Å². The predicted molar refractivity (Wildman–Crippen MR) is 39.6 cm³/mol. The van der Waals surface area contributed by atoms with E-state index in [2.05, 4.69) is 5.92 Å². The van der Waals surface area contributed by atoms with E-state index in [1.807, 2.05) is 0 Å². The highest BCUT2D eigenvalue weighted by molar-refractivity contribution is 5.23. The van der Waals surface area contributed by atoms with Gasteiger partial charge in [0.25, 0.3) is 0 Å². The first-order valence-corrected chi connectivity index (χ1v) is 3.97. The van der Waals surface area contributed by atoms with E-state index >= 15 is 0 Å². The van der Waals surface area contributed by atoms with Gasteiger partial charge in [0.2, 0.25) is 5.92 Å². The molecule has 0 unspecified atom stereocenters. The van der Waals surface area contributed by atoms with Crippen LogP contribution in [0.2, 0.25) is 0 Å². The third-order valence-electron chi connectivity index (χ3n) is 2.87. The van der Waals surface area contributed by atoms with Gasteiger partial charge in [-0.15, -0.1) is 6.42 Å². The SMILES string of the molecule is C#CC1(O)CC2(CC(F)(F)C2)C1. The molecule has 0 bridgehead atoms. The number of halogens is 2. The van der Waals surface area contributed by atoms with E-state index in [0.29, 0.717) is 12.8 Å². The van der Waals surface area contributed by atoms with Gasteiger partial charge in [0, 0.05) is 12.8 Å². The summed E-state index contributed by atoms with van der Waals surface area (Å²) < 4.78 is 25.0. The average Bonchev–Trinajstić information content (AvgIpc) is 1.80. The summed E-state index contributed by atoms with van der Waals surface area (Å²) in [6.07, 6.45) is 5.57. The first-order valence-electron chi connectivity index (χ1n) is 3.97. The van der Waals surface area contributed by atoms with E-state index in [9.17, 15) is 13.9 Å². The van der Waals surface area contributed by atoms with Crippen LogP contribution in [-0.4, -0.2) is 16.6 Å². The zero-order chi connectivity index (χ0) is 9.04. The van der Waals surface area contributed by atoms with Crippen LogP contribution >= 0.6 is 0 Å². The molecule has 1 N–H and O–H groups in total. The Morgan fingerprint density at radius 3 is 2.00 bits per heavy atom. The molecular formula is C9H10F2O. The molecule has 0 aromatic carbocycles. The van der Waals surface area contributed by atoms with Gasteiger partial charge in [0.1, 0.15) is 5.60 Å². The fourth-order valence-corrected chi connectivity index (χ4v) is 2.59. The first-order chi connectivity index (χ1) is 5.39. The van der Waals surface area contributed by atoms with Crippen molar-refractivity contribution in [1.29, 1.82) is 0 Å². The quantitative estimate of drug-likeness (QED) is 0.550. The normalized spacial score (nSPS) is 33.2. The number of hydrogen-bond donors (Lipinski definition) is 1. The van der Waals surface area contributed by atoms with E-state index in [-0.39, 0.29) is 18.3 Å². The number of aliphatic hydroxyl groups is 1. The fraction of sp³-hybridized carbons (Fsp3) is 0.778. The first kappa shape index (κ1) is 8.00. The summed E-state index contributed by atoms with van der Waals surface area (Å²) in [6, 6.07) is 0. The molecule has 2 saturated carbocycles. The molecule has 0 aromatic rings. The Bertz CT molecular complexity index is 248. The van der Waals surface area contributed by atoms with Crippen molar-refractivity contribution < 1.29 is 13.9 Å². The molecule has 12 heavy (non-hydrogen) atoms. The molecule has 0 heterocycles. The van der Waals surface area contributed by atoms with Gasteiger partial charge in [-0.1, -0.05) is 5.92 Å². The molecular weight excluding hydrogens is 162 g/mol. The fourth-order valence-electron chi connectivity index (χ4n) is 2.59. The van der Waals surface area contributed by atoms with Gasteiger partial charge in [0.15, 0.2) is 0 Å². The molecule has 0 amide bonds. The zero-order valence-corrected chi connectivity index (χ0v) is 6.61. The number of hydrogen-bond acceptors (Lipinski definition) is 1. The van der Waals surface area contributed by atoms with Crippen LogP contribution in [0, 0.1) is 17.8 Å². The van der Waals surface area contributed by atoms with Crippen LogP contribution in [0.1, 0.15) is 25.7 Å². The van der Waals surface area contributed by atoms with Gasteiger partial charge in [-0.2, -0.15) is 0 Å². The van der Waals surface area contributed by atoms with Gasteiger partial charge in [-0.05, 0) is 18.3 Å². The second kappa shape index (κ2) is 1.82. The summed E-state index contributed by atoms with van der Waals surface area (Å²) in [7, 11) is 0. The molecule has 2 fully saturated rings. The van der Waals surface area contributed by atoms with Gasteiger partial charge in [0.05, 0.1) is 0 Å². The zero-order valence-electron chi connectivity index (χ0n) is 6.61. The predicted octanol–water partition coefficient (Wildman–Crippen LogP) is 1.56. The lowest BCUT2D eigenvalue weighted by Crippen LogP contribution is -2.60. The summed E-state index contributed by atoms with van der Waals surface area (Å²) >= 11 is 0. The van der Waals surface area contributed by atoms with Gasteiger partial charge in [-0.25, -0.2) is 8.78 Å². The molecule has 66 valence electrons. The van der Waals surface area contributed by atoms with Crippen molar-refractivity contribution in [3.63, 3.8) is 0 Å². The molecule has 0 saturated heterocycles. The molecule has 3 heteroatoms. The van der Waals surface area contributed by atoms with Crippen LogP contribution in [0.3, 0.4) is 0 Å². The van der Waals surface area contributed by atoms with Gasteiger partial charge in [-0.3, -0.25) is 0 Å². The van der Waals surface area contributed by atoms with Crippen LogP contribution in [0.15, 0.2) is 0 Å². The molecule has 1 nitrogen and oxygen atoms in total. The van der Waals surface area contributed by atoms with Gasteiger partial charge >= 0.3 is 0 Å². The smallest absolute Gasteiger partial charge is 0.249 e. The van der Waals surface area contributed by atoms with Crippen LogP contribution in [-0.2, 0) is 0 Å². The average molecular weight is 172 g/mol. The van der Waals surface area contributed by atoms with Crippen molar-refractivity contribution in [3.05, 3.63) is 0 Å². The molecule has 0 atom stereocenters. The molecule has 2 aliphatic rings. The molecule has 1 spiro atoms. The summed E-state index contributed by atoms with van der Waals surface area (Å²) in [5, 5.41) is 9.41. The Labute approximate surface area is 69.8 Å². The highest BCUT2D eigenvalue weighted by Gasteiger charge is 2.66. The Morgan fingerprint density at radius 2 is 1.67 bits per heavy atom. The van der Waals surface area contributed by atoms with Crippen molar-refractivity contribution in [2.75, 3.05) is 0 Å². The number of terminal acetylenes is 1. The van der Waals surface area contributed by atoms with E-state index in [1.54, 1.807) is 0 Å². The third-order valence-corrected chi connectivity index (χ3v) is 2.87. The van der Waals surface area contributed by atoms with E-state index in [4.69, 9.17) is 6.42 Å². The monoisotopic (exact) mass is 172 g/mol. The van der Waals surface area contributed by atoms with Crippen molar-refractivity contribution >= 4 is 0 Å². The highest BCUT2D eigenvalue weighted by Crippen LogP contribution is 2.65. The maximum Gasteiger partial charge on any atom is 0.249 e. The molecule has 0 aromatic heterocycles. The lowest BCUT2D eigenvalue weighted by Gasteiger charge is -2.59. The maximum atomic E-state index is 12.5.